The number of rotatable bonds is 4. The summed E-state index contributed by atoms with van der Waals surface area (Å²) < 4.78 is 11.3. The van der Waals surface area contributed by atoms with Crippen molar-refractivity contribution >= 4 is 11.9 Å². The van der Waals surface area contributed by atoms with Gasteiger partial charge in [0.15, 0.2) is 0 Å². The molecule has 0 radical (unpaired) electrons. The summed E-state index contributed by atoms with van der Waals surface area (Å²) in [5, 5.41) is 9.30. The molecule has 0 N–H and O–H groups in total. The first-order valence-corrected chi connectivity index (χ1v) is 10.1. The fraction of sp³-hybridized carbons (Fsp3) is 0.700. The minimum atomic E-state index is -0.512. The largest absolute Gasteiger partial charge is 0.476 e. The van der Waals surface area contributed by atoms with Crippen molar-refractivity contribution in [1.82, 2.24) is 19.8 Å². The molecule has 0 bridgehead atoms. The van der Waals surface area contributed by atoms with Crippen molar-refractivity contribution in [2.75, 3.05) is 51.3 Å². The van der Waals surface area contributed by atoms with Crippen LogP contribution in [0.4, 0.5) is 10.6 Å². The van der Waals surface area contributed by atoms with Gasteiger partial charge in [-0.25, -0.2) is 9.78 Å². The van der Waals surface area contributed by atoms with Crippen molar-refractivity contribution in [3.63, 3.8) is 0 Å². The number of likely N-dealkylation sites (N-methyl/N-ethyl adjacent to an activating group) is 1. The van der Waals surface area contributed by atoms with Gasteiger partial charge in [0.05, 0.1) is 0 Å². The number of nitrogens with zero attached hydrogens (tertiary/aromatic N) is 6. The second kappa shape index (κ2) is 8.82. The van der Waals surface area contributed by atoms with Gasteiger partial charge in [0.1, 0.15) is 24.1 Å². The molecule has 1 atom stereocenters. The van der Waals surface area contributed by atoms with Crippen molar-refractivity contribution in [3.8, 4) is 11.9 Å². The van der Waals surface area contributed by atoms with Gasteiger partial charge in [-0.1, -0.05) is 0 Å². The highest BCUT2D eigenvalue weighted by Crippen LogP contribution is 2.22. The molecular weight excluding hydrogens is 372 g/mol. The monoisotopic (exact) mass is 402 g/mol. The van der Waals surface area contributed by atoms with Crippen molar-refractivity contribution in [2.24, 2.45) is 0 Å². The Bertz CT molecular complexity index is 764. The van der Waals surface area contributed by atoms with Crippen molar-refractivity contribution in [3.05, 3.63) is 11.9 Å². The quantitative estimate of drug-likeness (QED) is 0.753. The third-order valence-corrected chi connectivity index (χ3v) is 5.14. The molecule has 1 aromatic heterocycles. The first kappa shape index (κ1) is 21.1. The summed E-state index contributed by atoms with van der Waals surface area (Å²) in [5.41, 5.74) is -0.512. The van der Waals surface area contributed by atoms with Crippen LogP contribution >= 0.6 is 0 Å². The molecule has 2 aliphatic rings. The Morgan fingerprint density at radius 3 is 2.55 bits per heavy atom. The van der Waals surface area contributed by atoms with Crippen LogP contribution in [-0.2, 0) is 4.74 Å². The molecule has 9 heteroatoms. The van der Waals surface area contributed by atoms with E-state index in [2.05, 4.69) is 21.9 Å². The van der Waals surface area contributed by atoms with E-state index in [-0.39, 0.29) is 11.9 Å². The van der Waals surface area contributed by atoms with E-state index in [4.69, 9.17) is 9.47 Å². The maximum absolute atomic E-state index is 12.2. The molecule has 9 nitrogen and oxygen atoms in total. The average molecular weight is 402 g/mol. The number of nitriles is 1. The van der Waals surface area contributed by atoms with Crippen LogP contribution in [0.5, 0.6) is 5.88 Å². The zero-order chi connectivity index (χ0) is 21.0. The van der Waals surface area contributed by atoms with Crippen LogP contribution < -0.4 is 9.64 Å². The fourth-order valence-corrected chi connectivity index (χ4v) is 3.51. The highest BCUT2D eigenvalue weighted by molar-refractivity contribution is 5.68. The Kier molecular flexibility index (Phi) is 6.42. The first-order valence-electron chi connectivity index (χ1n) is 10.1. The lowest BCUT2D eigenvalue weighted by atomic mass is 10.2. The molecule has 2 aliphatic heterocycles. The van der Waals surface area contributed by atoms with Gasteiger partial charge in [-0.15, -0.1) is 0 Å². The average Bonchev–Trinajstić information content (AvgIpc) is 3.09. The molecule has 158 valence electrons. The number of piperazine rings is 1. The number of carbonyl (C=O) groups is 1. The summed E-state index contributed by atoms with van der Waals surface area (Å²) in [6.45, 7) is 9.47. The highest BCUT2D eigenvalue weighted by Gasteiger charge is 2.27. The molecule has 2 fully saturated rings. The summed E-state index contributed by atoms with van der Waals surface area (Å²) in [7, 11) is 2.09. The third-order valence-electron chi connectivity index (χ3n) is 5.14. The van der Waals surface area contributed by atoms with Crippen LogP contribution in [0, 0.1) is 11.3 Å². The van der Waals surface area contributed by atoms with Gasteiger partial charge in [0, 0.05) is 38.3 Å². The van der Waals surface area contributed by atoms with Gasteiger partial charge in [-0.3, -0.25) is 0 Å². The summed E-state index contributed by atoms with van der Waals surface area (Å²) in [6.07, 6.45) is 1.97. The predicted molar refractivity (Wildman–Crippen MR) is 108 cm³/mol. The number of anilines is 1. The number of ether oxygens (including phenoxy) is 2. The minimum absolute atomic E-state index is 0.0897. The highest BCUT2D eigenvalue weighted by atomic mass is 16.6. The predicted octanol–water partition coefficient (Wildman–Crippen LogP) is 1.88. The van der Waals surface area contributed by atoms with Gasteiger partial charge in [-0.2, -0.15) is 10.2 Å². The minimum Gasteiger partial charge on any atom is -0.476 e. The van der Waals surface area contributed by atoms with Crippen LogP contribution in [0.3, 0.4) is 0 Å². The molecule has 0 aromatic carbocycles. The SMILES string of the molecule is CN1CCC[C@H]1COc1cc(N2CCN(C(=O)OC(C)(C)C)CC2)nc(C#N)n1. The third kappa shape index (κ3) is 5.70. The molecule has 0 unspecified atom stereocenters. The lowest BCUT2D eigenvalue weighted by Crippen LogP contribution is -2.50. The van der Waals surface area contributed by atoms with E-state index in [1.54, 1.807) is 11.0 Å². The smallest absolute Gasteiger partial charge is 0.410 e. The van der Waals surface area contributed by atoms with Crippen molar-refractivity contribution in [2.45, 2.75) is 45.3 Å². The molecule has 0 aliphatic carbocycles. The summed E-state index contributed by atoms with van der Waals surface area (Å²) in [6, 6.07) is 4.16. The Morgan fingerprint density at radius 1 is 1.24 bits per heavy atom. The van der Waals surface area contributed by atoms with E-state index >= 15 is 0 Å². The second-order valence-electron chi connectivity index (χ2n) is 8.54. The summed E-state index contributed by atoms with van der Waals surface area (Å²) in [4.78, 5) is 26.8. The van der Waals surface area contributed by atoms with Crippen molar-refractivity contribution in [1.29, 1.82) is 5.26 Å². The van der Waals surface area contributed by atoms with Crippen LogP contribution in [0.1, 0.15) is 39.4 Å². The maximum Gasteiger partial charge on any atom is 0.410 e. The Labute approximate surface area is 172 Å². The standard InChI is InChI=1S/C20H30N6O3/c1-20(2,3)29-19(27)26-10-8-25(9-11-26)17-12-18(23-16(13-21)22-17)28-14-15-6-5-7-24(15)4/h12,15H,5-11,14H2,1-4H3/t15-/m0/s1. The lowest BCUT2D eigenvalue weighted by molar-refractivity contribution is 0.0240. The van der Waals surface area contributed by atoms with E-state index in [0.717, 1.165) is 13.0 Å². The van der Waals surface area contributed by atoms with E-state index in [1.807, 2.05) is 31.7 Å². The molecular formula is C20H30N6O3. The van der Waals surface area contributed by atoms with Gasteiger partial charge < -0.3 is 24.2 Å². The van der Waals surface area contributed by atoms with Crippen LogP contribution in [-0.4, -0.2) is 83.9 Å². The molecule has 2 saturated heterocycles. The fourth-order valence-electron chi connectivity index (χ4n) is 3.51. The number of carbonyl (C=O) groups excluding carboxylic acids is 1. The van der Waals surface area contributed by atoms with Gasteiger partial charge >= 0.3 is 6.09 Å². The Morgan fingerprint density at radius 2 is 1.97 bits per heavy atom. The molecule has 0 saturated carbocycles. The van der Waals surface area contributed by atoms with E-state index in [1.165, 1.54) is 6.42 Å². The molecule has 0 spiro atoms. The number of likely N-dealkylation sites (tertiary alicyclic amines) is 1. The van der Waals surface area contributed by atoms with E-state index < -0.39 is 5.60 Å². The Balaban J connectivity index is 1.62. The zero-order valence-electron chi connectivity index (χ0n) is 17.7. The summed E-state index contributed by atoms with van der Waals surface area (Å²) >= 11 is 0. The van der Waals surface area contributed by atoms with Crippen LogP contribution in [0.15, 0.2) is 6.07 Å². The molecule has 3 rings (SSSR count). The lowest BCUT2D eigenvalue weighted by Gasteiger charge is -2.36. The van der Waals surface area contributed by atoms with Gasteiger partial charge in [-0.05, 0) is 47.2 Å². The number of hydrogen-bond donors (Lipinski definition) is 0. The van der Waals surface area contributed by atoms with E-state index in [0.29, 0.717) is 50.5 Å². The molecule has 29 heavy (non-hydrogen) atoms. The second-order valence-corrected chi connectivity index (χ2v) is 8.54. The Hall–Kier alpha value is -2.60. The van der Waals surface area contributed by atoms with Gasteiger partial charge in [0.2, 0.25) is 11.7 Å². The molecule has 3 heterocycles. The molecule has 1 aromatic rings. The van der Waals surface area contributed by atoms with Crippen LogP contribution in [0.2, 0.25) is 0 Å². The number of aromatic nitrogens is 2. The number of amides is 1. The van der Waals surface area contributed by atoms with E-state index in [9.17, 15) is 10.1 Å². The topological polar surface area (TPSA) is 94.8 Å². The normalized spacial score (nSPS) is 20.4. The van der Waals surface area contributed by atoms with Crippen LogP contribution in [0.25, 0.3) is 0 Å². The first-order chi connectivity index (χ1) is 13.7. The van der Waals surface area contributed by atoms with Crippen molar-refractivity contribution < 1.29 is 14.3 Å². The molecule has 1 amide bonds. The zero-order valence-corrected chi connectivity index (χ0v) is 17.7. The van der Waals surface area contributed by atoms with Gasteiger partial charge in [0.25, 0.3) is 0 Å². The number of hydrogen-bond acceptors (Lipinski definition) is 8. The summed E-state index contributed by atoms with van der Waals surface area (Å²) in [5.74, 6) is 1.16. The maximum atomic E-state index is 12.2.